The molecule has 0 spiro atoms. The molecule has 0 saturated carbocycles. The van der Waals surface area contributed by atoms with Gasteiger partial charge in [0.25, 0.3) is 5.91 Å². The van der Waals surface area contributed by atoms with E-state index >= 15 is 0 Å². The summed E-state index contributed by atoms with van der Waals surface area (Å²) in [7, 11) is 0. The smallest absolute Gasteiger partial charge is 0.268 e. The van der Waals surface area contributed by atoms with Crippen LogP contribution in [0.2, 0.25) is 0 Å². The van der Waals surface area contributed by atoms with Crippen molar-refractivity contribution in [3.63, 3.8) is 0 Å². The monoisotopic (exact) mass is 235 g/mol. The Balaban J connectivity index is 2.06. The lowest BCUT2D eigenvalue weighted by Crippen LogP contribution is -2.50. The molecular formula is C11H13N3O3. The Bertz CT molecular complexity index is 495. The van der Waals surface area contributed by atoms with Gasteiger partial charge in [-0.25, -0.2) is 0 Å². The second kappa shape index (κ2) is 4.82. The summed E-state index contributed by atoms with van der Waals surface area (Å²) in [5, 5.41) is 5.27. The van der Waals surface area contributed by atoms with E-state index in [2.05, 4.69) is 15.6 Å². The van der Waals surface area contributed by atoms with E-state index in [1.807, 2.05) is 0 Å². The van der Waals surface area contributed by atoms with Crippen molar-refractivity contribution in [2.45, 2.75) is 18.9 Å². The maximum absolute atomic E-state index is 11.7. The second-order valence-corrected chi connectivity index (χ2v) is 3.89. The Morgan fingerprint density at radius 3 is 2.88 bits per heavy atom. The number of hydrogen-bond acceptors (Lipinski definition) is 3. The Kier molecular flexibility index (Phi) is 3.22. The summed E-state index contributed by atoms with van der Waals surface area (Å²) in [4.78, 5) is 36.6. The predicted octanol–water partition coefficient (Wildman–Crippen LogP) is -0.617. The summed E-state index contributed by atoms with van der Waals surface area (Å²) < 4.78 is 0. The normalized spacial score (nSPS) is 19.5. The number of H-pyrrole nitrogens is 1. The predicted molar refractivity (Wildman–Crippen MR) is 60.6 cm³/mol. The molecule has 2 rings (SSSR count). The average Bonchev–Trinajstić information content (AvgIpc) is 2.32. The lowest BCUT2D eigenvalue weighted by Gasteiger charge is -2.22. The van der Waals surface area contributed by atoms with Gasteiger partial charge in [0.2, 0.25) is 11.5 Å². The van der Waals surface area contributed by atoms with E-state index in [1.165, 1.54) is 18.2 Å². The molecule has 90 valence electrons. The number of rotatable bonds is 2. The standard InChI is InChI=1S/C11H13N3O3/c15-9-5-1-3-8(13-9)11(17)14-7-4-2-6-12-10(7)16/h1,3,5,7H,2,4,6H2,(H,12,16)(H,13,15)(H,14,17). The number of carbonyl (C=O) groups is 2. The highest BCUT2D eigenvalue weighted by Crippen LogP contribution is 2.03. The Labute approximate surface area is 97.4 Å². The van der Waals surface area contributed by atoms with Gasteiger partial charge in [0.1, 0.15) is 11.7 Å². The molecule has 1 aliphatic heterocycles. The molecule has 2 amide bonds. The first-order chi connectivity index (χ1) is 8.16. The van der Waals surface area contributed by atoms with E-state index in [9.17, 15) is 14.4 Å². The van der Waals surface area contributed by atoms with Crippen molar-refractivity contribution in [3.05, 3.63) is 34.2 Å². The Morgan fingerprint density at radius 1 is 1.35 bits per heavy atom. The maximum atomic E-state index is 11.7. The van der Waals surface area contributed by atoms with Crippen LogP contribution in [0, 0.1) is 0 Å². The zero-order valence-electron chi connectivity index (χ0n) is 9.16. The van der Waals surface area contributed by atoms with Crippen LogP contribution in [-0.4, -0.2) is 29.4 Å². The van der Waals surface area contributed by atoms with Crippen LogP contribution in [-0.2, 0) is 4.79 Å². The molecule has 0 radical (unpaired) electrons. The third-order valence-electron chi connectivity index (χ3n) is 2.60. The molecule has 17 heavy (non-hydrogen) atoms. The van der Waals surface area contributed by atoms with Gasteiger partial charge in [-0.05, 0) is 18.9 Å². The first-order valence-corrected chi connectivity index (χ1v) is 5.45. The highest BCUT2D eigenvalue weighted by atomic mass is 16.2. The molecule has 1 aromatic rings. The molecule has 1 atom stereocenters. The molecule has 1 unspecified atom stereocenters. The van der Waals surface area contributed by atoms with Crippen LogP contribution in [0.15, 0.2) is 23.0 Å². The van der Waals surface area contributed by atoms with E-state index in [0.29, 0.717) is 13.0 Å². The van der Waals surface area contributed by atoms with Crippen LogP contribution in [0.3, 0.4) is 0 Å². The summed E-state index contributed by atoms with van der Waals surface area (Å²) in [5.41, 5.74) is -0.179. The summed E-state index contributed by atoms with van der Waals surface area (Å²) in [6, 6.07) is 3.80. The van der Waals surface area contributed by atoms with Crippen LogP contribution < -0.4 is 16.2 Å². The van der Waals surface area contributed by atoms with E-state index in [4.69, 9.17) is 0 Å². The number of aromatic amines is 1. The third-order valence-corrected chi connectivity index (χ3v) is 2.60. The fourth-order valence-corrected chi connectivity index (χ4v) is 1.73. The van der Waals surface area contributed by atoms with Gasteiger partial charge >= 0.3 is 0 Å². The van der Waals surface area contributed by atoms with E-state index in [1.54, 1.807) is 0 Å². The summed E-state index contributed by atoms with van der Waals surface area (Å²) in [6.45, 7) is 0.646. The third kappa shape index (κ3) is 2.72. The number of piperidine rings is 1. The van der Waals surface area contributed by atoms with Crippen molar-refractivity contribution >= 4 is 11.8 Å². The Morgan fingerprint density at radius 2 is 2.18 bits per heavy atom. The van der Waals surface area contributed by atoms with Gasteiger partial charge in [0.15, 0.2) is 0 Å². The van der Waals surface area contributed by atoms with Crippen LogP contribution in [0.1, 0.15) is 23.3 Å². The molecule has 1 saturated heterocycles. The molecule has 0 bridgehead atoms. The van der Waals surface area contributed by atoms with Crippen LogP contribution in [0.4, 0.5) is 0 Å². The highest BCUT2D eigenvalue weighted by Gasteiger charge is 2.24. The number of aromatic nitrogens is 1. The van der Waals surface area contributed by atoms with Crippen molar-refractivity contribution in [1.29, 1.82) is 0 Å². The van der Waals surface area contributed by atoms with Gasteiger partial charge in [0, 0.05) is 12.6 Å². The fraction of sp³-hybridized carbons (Fsp3) is 0.364. The molecule has 0 aliphatic carbocycles. The lowest BCUT2D eigenvalue weighted by molar-refractivity contribution is -0.124. The molecule has 6 heteroatoms. The van der Waals surface area contributed by atoms with Crippen molar-refractivity contribution in [3.8, 4) is 0 Å². The summed E-state index contributed by atoms with van der Waals surface area (Å²) in [6.07, 6.45) is 1.45. The van der Waals surface area contributed by atoms with E-state index < -0.39 is 11.9 Å². The molecule has 1 aromatic heterocycles. The molecule has 6 nitrogen and oxygen atoms in total. The van der Waals surface area contributed by atoms with Gasteiger partial charge < -0.3 is 15.6 Å². The highest BCUT2D eigenvalue weighted by molar-refractivity contribution is 5.96. The van der Waals surface area contributed by atoms with Crippen LogP contribution in [0.5, 0.6) is 0 Å². The summed E-state index contributed by atoms with van der Waals surface area (Å²) in [5.74, 6) is -0.618. The zero-order valence-corrected chi connectivity index (χ0v) is 9.16. The molecule has 1 fully saturated rings. The maximum Gasteiger partial charge on any atom is 0.268 e. The largest absolute Gasteiger partial charge is 0.354 e. The van der Waals surface area contributed by atoms with Crippen LogP contribution in [0.25, 0.3) is 0 Å². The molecule has 2 heterocycles. The Hall–Kier alpha value is -2.11. The van der Waals surface area contributed by atoms with Crippen molar-refractivity contribution in [2.24, 2.45) is 0 Å². The first kappa shape index (κ1) is 11.4. The van der Waals surface area contributed by atoms with Gasteiger partial charge in [-0.2, -0.15) is 0 Å². The topological polar surface area (TPSA) is 91.1 Å². The van der Waals surface area contributed by atoms with E-state index in [-0.39, 0.29) is 17.2 Å². The van der Waals surface area contributed by atoms with Crippen LogP contribution >= 0.6 is 0 Å². The quantitative estimate of drug-likeness (QED) is 0.638. The molecule has 1 aliphatic rings. The van der Waals surface area contributed by atoms with Gasteiger partial charge in [-0.3, -0.25) is 14.4 Å². The number of hydrogen-bond donors (Lipinski definition) is 3. The minimum Gasteiger partial charge on any atom is -0.354 e. The van der Waals surface area contributed by atoms with Crippen molar-refractivity contribution in [1.82, 2.24) is 15.6 Å². The van der Waals surface area contributed by atoms with Gasteiger partial charge in [-0.15, -0.1) is 0 Å². The minimum absolute atomic E-state index is 0.163. The molecule has 0 aromatic carbocycles. The lowest BCUT2D eigenvalue weighted by atomic mass is 10.1. The zero-order chi connectivity index (χ0) is 12.3. The number of pyridine rings is 1. The van der Waals surface area contributed by atoms with Crippen molar-refractivity contribution < 1.29 is 9.59 Å². The van der Waals surface area contributed by atoms with E-state index in [0.717, 1.165) is 6.42 Å². The molecule has 3 N–H and O–H groups in total. The number of carbonyl (C=O) groups excluding carboxylic acids is 2. The number of nitrogens with one attached hydrogen (secondary N) is 3. The van der Waals surface area contributed by atoms with Crippen molar-refractivity contribution in [2.75, 3.05) is 6.54 Å². The second-order valence-electron chi connectivity index (χ2n) is 3.89. The van der Waals surface area contributed by atoms with Gasteiger partial charge in [0.05, 0.1) is 0 Å². The average molecular weight is 235 g/mol. The fourth-order valence-electron chi connectivity index (χ4n) is 1.73. The summed E-state index contributed by atoms with van der Waals surface area (Å²) >= 11 is 0. The van der Waals surface area contributed by atoms with Gasteiger partial charge in [-0.1, -0.05) is 6.07 Å². The SMILES string of the molecule is O=C(NC1CCCNC1=O)c1cccc(=O)[nH]1. The first-order valence-electron chi connectivity index (χ1n) is 5.45. The minimum atomic E-state index is -0.514. The number of amides is 2. The molecular weight excluding hydrogens is 222 g/mol.